The zero-order valence-corrected chi connectivity index (χ0v) is 22.9. The molecule has 0 unspecified atom stereocenters. The minimum Gasteiger partial charge on any atom is -0.497 e. The third kappa shape index (κ3) is 4.70. The van der Waals surface area contributed by atoms with Gasteiger partial charge in [-0.1, -0.05) is 12.1 Å². The quantitative estimate of drug-likeness (QED) is 0.231. The van der Waals surface area contributed by atoms with Crippen molar-refractivity contribution in [1.82, 2.24) is 0 Å². The molecule has 6 nitrogen and oxygen atoms in total. The maximum absolute atomic E-state index is 13.0. The maximum atomic E-state index is 13.0. The number of carbonyl (C=O) groups excluding carboxylic acids is 1. The van der Waals surface area contributed by atoms with Crippen molar-refractivity contribution in [2.45, 2.75) is 0 Å². The van der Waals surface area contributed by atoms with E-state index in [1.165, 1.54) is 11.3 Å². The third-order valence-electron chi connectivity index (χ3n) is 4.18. The summed E-state index contributed by atoms with van der Waals surface area (Å²) in [6.07, 6.45) is 0. The van der Waals surface area contributed by atoms with Gasteiger partial charge in [0.05, 0.1) is 26.9 Å². The van der Waals surface area contributed by atoms with E-state index < -0.39 is 5.97 Å². The number of hydrogen-bond donors (Lipinski definition) is 2. The minimum absolute atomic E-state index is 0.0505. The van der Waals surface area contributed by atoms with Gasteiger partial charge in [0.2, 0.25) is 0 Å². The molecule has 3 aromatic rings. The van der Waals surface area contributed by atoms with Crippen LogP contribution in [-0.2, 0) is 0 Å². The summed E-state index contributed by atoms with van der Waals surface area (Å²) >= 11 is 7.52. The second kappa shape index (κ2) is 9.99. The molecule has 10 heteroatoms. The molecule has 2 N–H and O–H groups in total. The third-order valence-corrected chi connectivity index (χ3v) is 9.06. The molecule has 0 saturated carbocycles. The lowest BCUT2D eigenvalue weighted by Gasteiger charge is -2.13. The molecular weight excluding hydrogens is 747 g/mol. The highest BCUT2D eigenvalue weighted by molar-refractivity contribution is 14.1. The van der Waals surface area contributed by atoms with Gasteiger partial charge in [-0.3, -0.25) is 4.79 Å². The van der Waals surface area contributed by atoms with Crippen LogP contribution in [0.1, 0.15) is 20.7 Å². The second-order valence-corrected chi connectivity index (χ2v) is 10.1. The molecule has 1 heterocycles. The molecule has 0 fully saturated rings. The first kappa shape index (κ1) is 23.5. The lowest BCUT2D eigenvalue weighted by Crippen LogP contribution is -2.16. The van der Waals surface area contributed by atoms with Crippen molar-refractivity contribution in [3.63, 3.8) is 0 Å². The van der Waals surface area contributed by atoms with Crippen molar-refractivity contribution >= 4 is 96.0 Å². The lowest BCUT2D eigenvalue weighted by atomic mass is 10.0. The van der Waals surface area contributed by atoms with Crippen molar-refractivity contribution in [3.8, 4) is 22.6 Å². The molecule has 0 atom stereocenters. The van der Waals surface area contributed by atoms with Crippen LogP contribution < -0.4 is 14.8 Å². The van der Waals surface area contributed by atoms with Crippen molar-refractivity contribution < 1.29 is 24.2 Å². The Hall–Kier alpha value is -1.13. The van der Waals surface area contributed by atoms with Crippen LogP contribution in [0.4, 0.5) is 5.00 Å². The highest BCUT2D eigenvalue weighted by Gasteiger charge is 2.24. The summed E-state index contributed by atoms with van der Waals surface area (Å²) in [6, 6.07) is 8.87. The number of benzene rings is 2. The minimum atomic E-state index is -1.11. The van der Waals surface area contributed by atoms with E-state index in [0.717, 1.165) is 10.7 Å². The summed E-state index contributed by atoms with van der Waals surface area (Å²) in [5.41, 5.74) is 1.73. The van der Waals surface area contributed by atoms with Crippen molar-refractivity contribution in [1.29, 1.82) is 0 Å². The monoisotopic (exact) mass is 761 g/mol. The molecule has 2 aromatic carbocycles. The van der Waals surface area contributed by atoms with Crippen LogP contribution >= 0.6 is 79.1 Å². The van der Waals surface area contributed by atoms with Gasteiger partial charge in [-0.15, -0.1) is 11.3 Å². The molecule has 1 amide bonds. The van der Waals surface area contributed by atoms with Gasteiger partial charge < -0.3 is 19.9 Å². The zero-order chi connectivity index (χ0) is 22.0. The summed E-state index contributed by atoms with van der Waals surface area (Å²) in [5, 5.41) is 14.6. The van der Waals surface area contributed by atoms with Gasteiger partial charge in [-0.2, -0.15) is 0 Å². The van der Waals surface area contributed by atoms with Crippen LogP contribution in [0, 0.1) is 10.7 Å². The van der Waals surface area contributed by atoms with E-state index in [4.69, 9.17) is 9.47 Å². The lowest BCUT2D eigenvalue weighted by molar-refractivity contribution is 0.0699. The number of carboxylic acid groups (broad SMARTS) is 1. The summed E-state index contributed by atoms with van der Waals surface area (Å²) < 4.78 is 13.0. The molecule has 1 aromatic heterocycles. The fourth-order valence-electron chi connectivity index (χ4n) is 2.77. The first-order chi connectivity index (χ1) is 14.3. The van der Waals surface area contributed by atoms with Crippen LogP contribution in [0.25, 0.3) is 11.1 Å². The first-order valence-electron chi connectivity index (χ1n) is 8.30. The number of rotatable bonds is 6. The zero-order valence-electron chi connectivity index (χ0n) is 15.6. The number of anilines is 1. The Bertz CT molecular complexity index is 1150. The molecule has 156 valence electrons. The number of nitrogens with one attached hydrogen (secondary N) is 1. The van der Waals surface area contributed by atoms with Crippen LogP contribution in [0.2, 0.25) is 0 Å². The number of halogens is 3. The van der Waals surface area contributed by atoms with Crippen molar-refractivity contribution in [2.75, 3.05) is 19.5 Å². The summed E-state index contributed by atoms with van der Waals surface area (Å²) in [4.78, 5) is 25.0. The molecule has 30 heavy (non-hydrogen) atoms. The van der Waals surface area contributed by atoms with Gasteiger partial charge in [0, 0.05) is 14.5 Å². The Morgan fingerprint density at radius 3 is 2.43 bits per heavy atom. The van der Waals surface area contributed by atoms with Gasteiger partial charge in [0.1, 0.15) is 22.1 Å². The van der Waals surface area contributed by atoms with E-state index in [2.05, 4.69) is 73.1 Å². The summed E-state index contributed by atoms with van der Waals surface area (Å²) in [7, 11) is 3.13. The van der Waals surface area contributed by atoms with Gasteiger partial charge in [-0.05, 0) is 91.5 Å². The van der Waals surface area contributed by atoms with E-state index in [9.17, 15) is 14.7 Å². The maximum Gasteiger partial charge on any atom is 0.339 e. The van der Waals surface area contributed by atoms with E-state index >= 15 is 0 Å². The number of amides is 1. The van der Waals surface area contributed by atoms with Gasteiger partial charge in [-0.25, -0.2) is 4.79 Å². The highest BCUT2D eigenvalue weighted by Crippen LogP contribution is 2.38. The summed E-state index contributed by atoms with van der Waals surface area (Å²) in [6.45, 7) is 0. The smallest absolute Gasteiger partial charge is 0.339 e. The molecule has 0 radical (unpaired) electrons. The molecule has 0 spiro atoms. The predicted molar refractivity (Wildman–Crippen MR) is 142 cm³/mol. The molecule has 0 bridgehead atoms. The SMILES string of the molecule is COc1cccc(-c2csc(NC(=O)c3cc(I)c(OC)c(I)c3I)c2C(=O)O)c1. The predicted octanol–water partition coefficient (Wildman–Crippen LogP) is 6.20. The van der Waals surface area contributed by atoms with E-state index in [1.54, 1.807) is 49.9 Å². The Morgan fingerprint density at radius 1 is 1.07 bits per heavy atom. The number of hydrogen-bond acceptors (Lipinski definition) is 5. The van der Waals surface area contributed by atoms with E-state index in [0.29, 0.717) is 28.2 Å². The van der Waals surface area contributed by atoms with Gasteiger partial charge in [0.25, 0.3) is 5.91 Å². The fraction of sp³-hybridized carbons (Fsp3) is 0.100. The van der Waals surface area contributed by atoms with Gasteiger partial charge in [0.15, 0.2) is 0 Å². The Kier molecular flexibility index (Phi) is 7.84. The average Bonchev–Trinajstić information content (AvgIpc) is 3.14. The second-order valence-electron chi connectivity index (χ2n) is 5.91. The van der Waals surface area contributed by atoms with E-state index in [-0.39, 0.29) is 16.5 Å². The Labute approximate surface area is 217 Å². The largest absolute Gasteiger partial charge is 0.497 e. The summed E-state index contributed by atoms with van der Waals surface area (Å²) in [5.74, 6) is -0.158. The number of aromatic carboxylic acids is 1. The molecule has 3 rings (SSSR count). The number of carbonyl (C=O) groups is 2. The molecule has 0 aliphatic rings. The fourth-order valence-corrected chi connectivity index (χ4v) is 6.49. The Balaban J connectivity index is 2.01. The van der Waals surface area contributed by atoms with Crippen molar-refractivity contribution in [3.05, 3.63) is 57.5 Å². The molecular formula is C20H14I3NO5S. The highest BCUT2D eigenvalue weighted by atomic mass is 127. The van der Waals surface area contributed by atoms with Gasteiger partial charge >= 0.3 is 5.97 Å². The number of ether oxygens (including phenoxy) is 2. The average molecular weight is 761 g/mol. The van der Waals surface area contributed by atoms with E-state index in [1.807, 2.05) is 0 Å². The first-order valence-corrected chi connectivity index (χ1v) is 12.4. The standard InChI is InChI=1S/C20H14I3NO5S/c1-28-10-5-3-4-9(6-10)12-8-30-19(14(12)20(26)27)24-18(25)11-7-13(21)17(29-2)16(23)15(11)22/h3-8H,1-2H3,(H,24,25)(H,26,27). The molecule has 0 saturated heterocycles. The normalized spacial score (nSPS) is 10.6. The number of carboxylic acids is 1. The van der Waals surface area contributed by atoms with Crippen LogP contribution in [0.5, 0.6) is 11.5 Å². The topological polar surface area (TPSA) is 84.9 Å². The molecule has 0 aliphatic heterocycles. The van der Waals surface area contributed by atoms with Crippen LogP contribution in [0.15, 0.2) is 35.7 Å². The number of thiophene rings is 1. The number of methoxy groups -OCH3 is 2. The molecule has 0 aliphatic carbocycles. The van der Waals surface area contributed by atoms with Crippen LogP contribution in [0.3, 0.4) is 0 Å². The Morgan fingerprint density at radius 2 is 1.80 bits per heavy atom. The van der Waals surface area contributed by atoms with Crippen molar-refractivity contribution in [2.24, 2.45) is 0 Å². The van der Waals surface area contributed by atoms with Crippen LogP contribution in [-0.4, -0.2) is 31.2 Å².